The number of ether oxygens (including phenoxy) is 1. The van der Waals surface area contributed by atoms with Crippen molar-refractivity contribution >= 4 is 23.8 Å². The summed E-state index contributed by atoms with van der Waals surface area (Å²) in [6.45, 7) is 2.27. The quantitative estimate of drug-likeness (QED) is 0.261. The van der Waals surface area contributed by atoms with Crippen molar-refractivity contribution in [2.75, 3.05) is 12.9 Å². The molecule has 1 aromatic carbocycles. The van der Waals surface area contributed by atoms with Crippen LogP contribution < -0.4 is 0 Å². The number of unbranched alkanes of at least 4 members (excludes halogenated alkanes) is 9. The highest BCUT2D eigenvalue weighted by Crippen LogP contribution is 2.14. The third kappa shape index (κ3) is 11.1. The minimum atomic E-state index is -0.286. The fourth-order valence-electron chi connectivity index (χ4n) is 2.72. The zero-order chi connectivity index (χ0) is 18.2. The molecule has 140 valence electrons. The van der Waals surface area contributed by atoms with Gasteiger partial charge in [-0.15, -0.1) is 11.8 Å². The maximum Gasteiger partial charge on any atom is 0.337 e. The van der Waals surface area contributed by atoms with Crippen LogP contribution in [0.3, 0.4) is 0 Å². The molecule has 0 bridgehead atoms. The summed E-state index contributed by atoms with van der Waals surface area (Å²) in [4.78, 5) is 11.4. The summed E-state index contributed by atoms with van der Waals surface area (Å²) in [7, 11) is 1.40. The van der Waals surface area contributed by atoms with Crippen LogP contribution in [0.4, 0.5) is 0 Å². The lowest BCUT2D eigenvalue weighted by Crippen LogP contribution is -2.00. The van der Waals surface area contributed by atoms with E-state index in [4.69, 9.17) is 4.74 Å². The Labute approximate surface area is 158 Å². The molecule has 0 saturated carbocycles. The molecule has 0 spiro atoms. The number of carbonyl (C=O) groups is 1. The zero-order valence-corrected chi connectivity index (χ0v) is 16.8. The van der Waals surface area contributed by atoms with Gasteiger partial charge in [0.25, 0.3) is 0 Å². The molecule has 0 amide bonds. The second-order valence-electron chi connectivity index (χ2n) is 6.47. The smallest absolute Gasteiger partial charge is 0.337 e. The highest BCUT2D eigenvalue weighted by molar-refractivity contribution is 8.02. The Kier molecular flexibility index (Phi) is 13.2. The van der Waals surface area contributed by atoms with Crippen molar-refractivity contribution in [3.05, 3.63) is 40.8 Å². The molecule has 1 rings (SSSR count). The molecule has 0 radical (unpaired) electrons. The second kappa shape index (κ2) is 15.1. The Hall–Kier alpha value is -1.22. The highest BCUT2D eigenvalue weighted by atomic mass is 32.2. The summed E-state index contributed by atoms with van der Waals surface area (Å²) < 4.78 is 4.70. The van der Waals surface area contributed by atoms with Gasteiger partial charge in [-0.2, -0.15) is 0 Å². The number of carbonyl (C=O) groups excluding carboxylic acids is 1. The molecule has 0 atom stereocenters. The van der Waals surface area contributed by atoms with E-state index in [2.05, 4.69) is 18.4 Å². The lowest BCUT2D eigenvalue weighted by atomic mass is 10.1. The van der Waals surface area contributed by atoms with E-state index in [1.54, 1.807) is 12.1 Å². The van der Waals surface area contributed by atoms with Crippen LogP contribution in [0.1, 0.15) is 87.1 Å². The average molecular weight is 363 g/mol. The number of esters is 1. The fraction of sp³-hybridized carbons (Fsp3) is 0.591. The monoisotopic (exact) mass is 362 g/mol. The van der Waals surface area contributed by atoms with Gasteiger partial charge in [-0.05, 0) is 41.4 Å². The number of methoxy groups -OCH3 is 1. The van der Waals surface area contributed by atoms with Crippen molar-refractivity contribution in [2.24, 2.45) is 0 Å². The molecular weight excluding hydrogens is 328 g/mol. The first kappa shape index (κ1) is 21.8. The van der Waals surface area contributed by atoms with Crippen LogP contribution >= 0.6 is 11.8 Å². The third-order valence-electron chi connectivity index (χ3n) is 4.30. The minimum absolute atomic E-state index is 0.286. The summed E-state index contributed by atoms with van der Waals surface area (Å²) in [5, 5.41) is 2.15. The number of benzene rings is 1. The minimum Gasteiger partial charge on any atom is -0.465 e. The van der Waals surface area contributed by atoms with Crippen molar-refractivity contribution in [1.82, 2.24) is 0 Å². The SMILES string of the molecule is CCCCCCCCCCCCS/C=C\c1ccc(C(=O)OC)cc1. The van der Waals surface area contributed by atoms with Gasteiger partial charge >= 0.3 is 5.97 Å². The van der Waals surface area contributed by atoms with Crippen LogP contribution in [0, 0.1) is 0 Å². The van der Waals surface area contributed by atoms with Crippen LogP contribution in [-0.4, -0.2) is 18.8 Å². The van der Waals surface area contributed by atoms with Crippen LogP contribution in [0.2, 0.25) is 0 Å². The van der Waals surface area contributed by atoms with E-state index in [0.717, 1.165) is 5.56 Å². The van der Waals surface area contributed by atoms with Gasteiger partial charge in [-0.25, -0.2) is 4.79 Å². The van der Waals surface area contributed by atoms with Gasteiger partial charge in [0.1, 0.15) is 0 Å². The molecule has 0 N–H and O–H groups in total. The van der Waals surface area contributed by atoms with Gasteiger partial charge in [-0.3, -0.25) is 0 Å². The molecular formula is C22H34O2S. The molecule has 0 unspecified atom stereocenters. The molecule has 0 heterocycles. The van der Waals surface area contributed by atoms with Crippen LogP contribution in [0.25, 0.3) is 6.08 Å². The molecule has 0 saturated heterocycles. The van der Waals surface area contributed by atoms with Gasteiger partial charge in [0, 0.05) is 0 Å². The maximum atomic E-state index is 11.4. The van der Waals surface area contributed by atoms with Gasteiger partial charge in [0.15, 0.2) is 0 Å². The third-order valence-corrected chi connectivity index (χ3v) is 5.16. The molecule has 2 nitrogen and oxygen atoms in total. The highest BCUT2D eigenvalue weighted by Gasteiger charge is 2.02. The Morgan fingerprint density at radius 2 is 1.48 bits per heavy atom. The van der Waals surface area contributed by atoms with E-state index in [-0.39, 0.29) is 5.97 Å². The van der Waals surface area contributed by atoms with E-state index >= 15 is 0 Å². The number of hydrogen-bond donors (Lipinski definition) is 0. The first-order chi connectivity index (χ1) is 12.3. The number of rotatable bonds is 14. The van der Waals surface area contributed by atoms with Crippen molar-refractivity contribution in [3.63, 3.8) is 0 Å². The standard InChI is InChI=1S/C22H34O2S/c1-3-4-5-6-7-8-9-10-11-12-18-25-19-17-20-13-15-21(16-14-20)22(23)24-2/h13-17,19H,3-12,18H2,1-2H3/b19-17-. The number of hydrogen-bond acceptors (Lipinski definition) is 3. The van der Waals surface area contributed by atoms with Crippen LogP contribution in [0.5, 0.6) is 0 Å². The summed E-state index contributed by atoms with van der Waals surface area (Å²) in [5.41, 5.74) is 1.71. The van der Waals surface area contributed by atoms with Gasteiger partial charge in [0.2, 0.25) is 0 Å². The van der Waals surface area contributed by atoms with Crippen LogP contribution in [-0.2, 0) is 4.74 Å². The van der Waals surface area contributed by atoms with Gasteiger partial charge in [-0.1, -0.05) is 76.8 Å². The van der Waals surface area contributed by atoms with Crippen LogP contribution in [0.15, 0.2) is 29.7 Å². The zero-order valence-electron chi connectivity index (χ0n) is 16.0. The Morgan fingerprint density at radius 3 is 2.04 bits per heavy atom. The fourth-order valence-corrected chi connectivity index (χ4v) is 3.48. The molecule has 0 fully saturated rings. The van der Waals surface area contributed by atoms with E-state index in [9.17, 15) is 4.79 Å². The summed E-state index contributed by atoms with van der Waals surface area (Å²) in [5.74, 6) is 0.902. The molecule has 3 heteroatoms. The van der Waals surface area contributed by atoms with Crippen molar-refractivity contribution in [1.29, 1.82) is 0 Å². The molecule has 0 aromatic heterocycles. The summed E-state index contributed by atoms with van der Waals surface area (Å²) >= 11 is 1.87. The first-order valence-corrected chi connectivity index (χ1v) is 10.8. The van der Waals surface area contributed by atoms with E-state index in [0.29, 0.717) is 5.56 Å². The lowest BCUT2D eigenvalue weighted by molar-refractivity contribution is 0.0600. The Morgan fingerprint density at radius 1 is 0.920 bits per heavy atom. The predicted molar refractivity (Wildman–Crippen MR) is 111 cm³/mol. The summed E-state index contributed by atoms with van der Waals surface area (Å²) in [6.07, 6.45) is 16.0. The van der Waals surface area contributed by atoms with E-state index in [1.807, 2.05) is 23.9 Å². The Balaban J connectivity index is 1.99. The molecule has 0 aliphatic carbocycles. The summed E-state index contributed by atoms with van der Waals surface area (Å²) in [6, 6.07) is 7.50. The predicted octanol–water partition coefficient (Wildman–Crippen LogP) is 7.10. The normalized spacial score (nSPS) is 11.1. The average Bonchev–Trinajstić information content (AvgIpc) is 2.65. The van der Waals surface area contributed by atoms with Gasteiger partial charge < -0.3 is 4.74 Å². The maximum absolute atomic E-state index is 11.4. The van der Waals surface area contributed by atoms with E-state index in [1.165, 1.54) is 77.1 Å². The Bertz CT molecular complexity index is 479. The molecule has 25 heavy (non-hydrogen) atoms. The number of thioether (sulfide) groups is 1. The largest absolute Gasteiger partial charge is 0.465 e. The topological polar surface area (TPSA) is 26.3 Å². The van der Waals surface area contributed by atoms with E-state index < -0.39 is 0 Å². The molecule has 1 aromatic rings. The first-order valence-electron chi connectivity index (χ1n) is 9.74. The van der Waals surface area contributed by atoms with Crippen molar-refractivity contribution < 1.29 is 9.53 Å². The molecule has 0 aliphatic heterocycles. The van der Waals surface area contributed by atoms with Gasteiger partial charge in [0.05, 0.1) is 12.7 Å². The molecule has 0 aliphatic rings. The van der Waals surface area contributed by atoms with Crippen molar-refractivity contribution in [3.8, 4) is 0 Å². The second-order valence-corrected chi connectivity index (χ2v) is 7.48. The lowest BCUT2D eigenvalue weighted by Gasteiger charge is -2.02. The van der Waals surface area contributed by atoms with Crippen molar-refractivity contribution in [2.45, 2.75) is 71.1 Å².